The highest BCUT2D eigenvalue weighted by atomic mass is 14.0. The molecule has 0 aromatic rings. The van der Waals surface area contributed by atoms with Crippen molar-refractivity contribution in [2.24, 2.45) is 0 Å². The third-order valence-electron chi connectivity index (χ3n) is 2.37. The van der Waals surface area contributed by atoms with Gasteiger partial charge in [0.1, 0.15) is 0 Å². The minimum absolute atomic E-state index is 1.32. The van der Waals surface area contributed by atoms with Gasteiger partial charge in [-0.05, 0) is 39.5 Å². The van der Waals surface area contributed by atoms with Gasteiger partial charge in [-0.3, -0.25) is 0 Å². The minimum atomic E-state index is 1.32. The lowest BCUT2D eigenvalue weighted by atomic mass is 9.99. The summed E-state index contributed by atoms with van der Waals surface area (Å²) in [5.41, 5.74) is 3.26. The predicted octanol–water partition coefficient (Wildman–Crippen LogP) is 4.70. The summed E-state index contributed by atoms with van der Waals surface area (Å²) in [7, 11) is 0. The van der Waals surface area contributed by atoms with E-state index in [-0.39, 0.29) is 0 Å². The molecule has 0 unspecified atom stereocenters. The van der Waals surface area contributed by atoms with E-state index in [1.807, 2.05) is 0 Å². The Morgan fingerprint density at radius 3 is 1.50 bits per heavy atom. The summed E-state index contributed by atoms with van der Waals surface area (Å²) in [4.78, 5) is 0. The molecule has 0 heteroatoms. The van der Waals surface area contributed by atoms with E-state index < -0.39 is 0 Å². The van der Waals surface area contributed by atoms with Gasteiger partial charge in [0.15, 0.2) is 0 Å². The van der Waals surface area contributed by atoms with E-state index in [0.717, 1.165) is 0 Å². The largest absolute Gasteiger partial charge is 0.0772 e. The Hall–Kier alpha value is -0.260. The molecule has 0 saturated carbocycles. The van der Waals surface area contributed by atoms with Gasteiger partial charge in [0.2, 0.25) is 0 Å². The first kappa shape index (κ1) is 11.7. The maximum Gasteiger partial charge on any atom is -0.0318 e. The molecule has 0 aliphatic heterocycles. The average molecular weight is 168 g/mol. The van der Waals surface area contributed by atoms with Crippen LogP contribution in [-0.2, 0) is 0 Å². The molecule has 0 aliphatic carbocycles. The average Bonchev–Trinajstić information content (AvgIpc) is 2.04. The first-order valence-electron chi connectivity index (χ1n) is 5.37. The fourth-order valence-corrected chi connectivity index (χ4v) is 1.41. The molecule has 0 aliphatic rings. The fraction of sp³-hybridized carbons (Fsp3) is 0.833. The first-order chi connectivity index (χ1) is 5.72. The number of hydrogen-bond acceptors (Lipinski definition) is 0. The molecular formula is C12H24. The number of allylic oxidation sites excluding steroid dienone is 2. The molecule has 0 atom stereocenters. The molecular weight excluding hydrogens is 144 g/mol. The Labute approximate surface area is 78.1 Å². The monoisotopic (exact) mass is 168 g/mol. The van der Waals surface area contributed by atoms with Crippen molar-refractivity contribution in [3.05, 3.63) is 11.1 Å². The lowest BCUT2D eigenvalue weighted by Gasteiger charge is -2.08. The fourth-order valence-electron chi connectivity index (χ4n) is 1.41. The van der Waals surface area contributed by atoms with Crippen molar-refractivity contribution >= 4 is 0 Å². The molecule has 0 radical (unpaired) electrons. The van der Waals surface area contributed by atoms with Gasteiger partial charge in [-0.15, -0.1) is 0 Å². The van der Waals surface area contributed by atoms with Crippen LogP contribution in [-0.4, -0.2) is 0 Å². The predicted molar refractivity (Wildman–Crippen MR) is 57.4 cm³/mol. The zero-order chi connectivity index (χ0) is 9.40. The van der Waals surface area contributed by atoms with Crippen LogP contribution in [0, 0.1) is 0 Å². The topological polar surface area (TPSA) is 0 Å². The van der Waals surface area contributed by atoms with Crippen molar-refractivity contribution < 1.29 is 0 Å². The van der Waals surface area contributed by atoms with Crippen LogP contribution in [0.3, 0.4) is 0 Å². The molecule has 0 saturated heterocycles. The van der Waals surface area contributed by atoms with Crippen LogP contribution in [0.2, 0.25) is 0 Å². The summed E-state index contributed by atoms with van der Waals surface area (Å²) in [6.45, 7) is 9.03. The van der Waals surface area contributed by atoms with Crippen LogP contribution in [0.4, 0.5) is 0 Å². The lowest BCUT2D eigenvalue weighted by molar-refractivity contribution is 0.704. The molecule has 0 fully saturated rings. The van der Waals surface area contributed by atoms with Crippen molar-refractivity contribution in [2.75, 3.05) is 0 Å². The standard InChI is InChI=1S/C12H24/c1-5-7-9-12(11(3)4)10-8-6-2/h5-10H2,1-4H3. The Morgan fingerprint density at radius 2 is 1.25 bits per heavy atom. The summed E-state index contributed by atoms with van der Waals surface area (Å²) in [6, 6.07) is 0. The van der Waals surface area contributed by atoms with Gasteiger partial charge in [-0.1, -0.05) is 37.8 Å². The van der Waals surface area contributed by atoms with E-state index >= 15 is 0 Å². The first-order valence-corrected chi connectivity index (χ1v) is 5.37. The maximum absolute atomic E-state index is 2.27. The maximum atomic E-state index is 2.27. The molecule has 0 bridgehead atoms. The zero-order valence-electron chi connectivity index (χ0n) is 9.24. The highest BCUT2D eigenvalue weighted by molar-refractivity contribution is 5.09. The van der Waals surface area contributed by atoms with E-state index in [9.17, 15) is 0 Å². The summed E-state index contributed by atoms with van der Waals surface area (Å²) < 4.78 is 0. The molecule has 0 aromatic heterocycles. The number of rotatable bonds is 6. The lowest BCUT2D eigenvalue weighted by Crippen LogP contribution is -1.88. The highest BCUT2D eigenvalue weighted by Gasteiger charge is 1.98. The summed E-state index contributed by atoms with van der Waals surface area (Å²) >= 11 is 0. The van der Waals surface area contributed by atoms with Crippen LogP contribution in [0.1, 0.15) is 66.2 Å². The summed E-state index contributed by atoms with van der Waals surface area (Å²) in [6.07, 6.45) is 8.04. The van der Waals surface area contributed by atoms with Crippen LogP contribution < -0.4 is 0 Å². The molecule has 0 amide bonds. The Kier molecular flexibility index (Phi) is 7.23. The molecule has 0 nitrogen and oxygen atoms in total. The van der Waals surface area contributed by atoms with Crippen LogP contribution in [0.5, 0.6) is 0 Å². The zero-order valence-corrected chi connectivity index (χ0v) is 9.24. The summed E-state index contributed by atoms with van der Waals surface area (Å²) in [5.74, 6) is 0. The van der Waals surface area contributed by atoms with Gasteiger partial charge in [0, 0.05) is 0 Å². The highest BCUT2D eigenvalue weighted by Crippen LogP contribution is 2.18. The third kappa shape index (κ3) is 5.40. The Balaban J connectivity index is 3.80. The van der Waals surface area contributed by atoms with Crippen molar-refractivity contribution in [1.29, 1.82) is 0 Å². The van der Waals surface area contributed by atoms with Crippen molar-refractivity contribution in [1.82, 2.24) is 0 Å². The normalized spacial score (nSPS) is 10.0. The summed E-state index contributed by atoms with van der Waals surface area (Å²) in [5, 5.41) is 0. The Morgan fingerprint density at radius 1 is 0.833 bits per heavy atom. The molecule has 72 valence electrons. The molecule has 0 spiro atoms. The van der Waals surface area contributed by atoms with Gasteiger partial charge in [-0.2, -0.15) is 0 Å². The van der Waals surface area contributed by atoms with Crippen LogP contribution >= 0.6 is 0 Å². The van der Waals surface area contributed by atoms with Crippen LogP contribution in [0.25, 0.3) is 0 Å². The molecule has 0 N–H and O–H groups in total. The van der Waals surface area contributed by atoms with Gasteiger partial charge < -0.3 is 0 Å². The van der Waals surface area contributed by atoms with Crippen molar-refractivity contribution in [2.45, 2.75) is 66.2 Å². The second kappa shape index (κ2) is 7.39. The molecule has 12 heavy (non-hydrogen) atoms. The second-order valence-corrected chi connectivity index (χ2v) is 3.81. The van der Waals surface area contributed by atoms with E-state index in [1.165, 1.54) is 38.5 Å². The minimum Gasteiger partial charge on any atom is -0.0772 e. The number of unbranched alkanes of at least 4 members (excludes halogenated alkanes) is 2. The third-order valence-corrected chi connectivity index (χ3v) is 2.37. The Bertz CT molecular complexity index is 117. The van der Waals surface area contributed by atoms with Gasteiger partial charge >= 0.3 is 0 Å². The van der Waals surface area contributed by atoms with Crippen LogP contribution in [0.15, 0.2) is 11.1 Å². The molecule has 0 rings (SSSR count). The van der Waals surface area contributed by atoms with E-state index in [2.05, 4.69) is 27.7 Å². The SMILES string of the molecule is CCCCC(CCCC)=C(C)C. The van der Waals surface area contributed by atoms with E-state index in [4.69, 9.17) is 0 Å². The number of hydrogen-bond donors (Lipinski definition) is 0. The van der Waals surface area contributed by atoms with Gasteiger partial charge in [0.25, 0.3) is 0 Å². The molecule has 0 heterocycles. The van der Waals surface area contributed by atoms with Gasteiger partial charge in [0.05, 0.1) is 0 Å². The second-order valence-electron chi connectivity index (χ2n) is 3.81. The smallest absolute Gasteiger partial charge is 0.0318 e. The van der Waals surface area contributed by atoms with Crippen molar-refractivity contribution in [3.63, 3.8) is 0 Å². The van der Waals surface area contributed by atoms with E-state index in [1.54, 1.807) is 11.1 Å². The molecule has 0 aromatic carbocycles. The van der Waals surface area contributed by atoms with Crippen molar-refractivity contribution in [3.8, 4) is 0 Å². The quantitative estimate of drug-likeness (QED) is 0.504. The van der Waals surface area contributed by atoms with Gasteiger partial charge in [-0.25, -0.2) is 0 Å². The van der Waals surface area contributed by atoms with E-state index in [0.29, 0.717) is 0 Å².